The third kappa shape index (κ3) is 1.45. The van der Waals surface area contributed by atoms with Crippen molar-refractivity contribution in [2.75, 3.05) is 0 Å². The third-order valence-electron chi connectivity index (χ3n) is 1.97. The molecule has 0 unspecified atom stereocenters. The van der Waals surface area contributed by atoms with Crippen molar-refractivity contribution in [2.45, 2.75) is 13.3 Å². The van der Waals surface area contributed by atoms with E-state index in [9.17, 15) is 4.79 Å². The van der Waals surface area contributed by atoms with Gasteiger partial charge in [-0.15, -0.1) is 0 Å². The fourth-order valence-corrected chi connectivity index (χ4v) is 1.33. The molecule has 2 rings (SSSR count). The van der Waals surface area contributed by atoms with Gasteiger partial charge in [0.25, 0.3) is 0 Å². The van der Waals surface area contributed by atoms with Gasteiger partial charge in [0.1, 0.15) is 0 Å². The number of benzene rings is 1. The number of fused-ring (bicyclic) bond motifs is 1. The lowest BCUT2D eigenvalue weighted by atomic mass is 9.87. The Balaban J connectivity index is 2.17. The largest absolute Gasteiger partial charge is 0.331 e. The van der Waals surface area contributed by atoms with Crippen molar-refractivity contribution in [3.8, 4) is 0 Å². The summed E-state index contributed by atoms with van der Waals surface area (Å²) in [7, 11) is 0. The maximum absolute atomic E-state index is 10.5. The molecular weight excluding hydrogens is 166 g/mol. The van der Waals surface area contributed by atoms with E-state index in [1.165, 1.54) is 12.5 Å². The minimum absolute atomic E-state index is 0.378. The molecule has 0 heterocycles. The van der Waals surface area contributed by atoms with Gasteiger partial charge >= 0.3 is 5.97 Å². The fourth-order valence-electron chi connectivity index (χ4n) is 1.33. The highest BCUT2D eigenvalue weighted by Crippen LogP contribution is 2.22. The van der Waals surface area contributed by atoms with Crippen molar-refractivity contribution in [1.29, 1.82) is 0 Å². The Morgan fingerprint density at radius 3 is 2.92 bits per heavy atom. The predicted molar refractivity (Wildman–Crippen MR) is 48.4 cm³/mol. The van der Waals surface area contributed by atoms with Crippen molar-refractivity contribution in [2.24, 2.45) is 5.16 Å². The number of hydrogen-bond donors (Lipinski definition) is 0. The molecule has 1 aromatic rings. The van der Waals surface area contributed by atoms with Crippen LogP contribution in [0.25, 0.3) is 0 Å². The SMILES string of the molecule is CC(=O)O/N=C1\Cc2ccccc21. The van der Waals surface area contributed by atoms with Gasteiger partial charge in [0, 0.05) is 18.9 Å². The van der Waals surface area contributed by atoms with Gasteiger partial charge in [0.15, 0.2) is 0 Å². The number of oxime groups is 1. The summed E-state index contributed by atoms with van der Waals surface area (Å²) in [4.78, 5) is 15.0. The molecule has 0 N–H and O–H groups in total. The first-order valence-electron chi connectivity index (χ1n) is 4.10. The molecule has 0 fully saturated rings. The van der Waals surface area contributed by atoms with E-state index in [0.29, 0.717) is 0 Å². The Morgan fingerprint density at radius 1 is 1.46 bits per heavy atom. The van der Waals surface area contributed by atoms with E-state index < -0.39 is 0 Å². The minimum Gasteiger partial charge on any atom is -0.318 e. The highest BCUT2D eigenvalue weighted by Gasteiger charge is 2.20. The number of nitrogens with zero attached hydrogens (tertiary/aromatic N) is 1. The van der Waals surface area contributed by atoms with Gasteiger partial charge in [-0.1, -0.05) is 29.4 Å². The van der Waals surface area contributed by atoms with Gasteiger partial charge in [0.2, 0.25) is 0 Å². The first-order chi connectivity index (χ1) is 6.27. The van der Waals surface area contributed by atoms with Crippen LogP contribution in [-0.2, 0) is 16.1 Å². The average molecular weight is 175 g/mol. The van der Waals surface area contributed by atoms with Crippen LogP contribution in [0.3, 0.4) is 0 Å². The Kier molecular flexibility index (Phi) is 1.85. The van der Waals surface area contributed by atoms with Gasteiger partial charge < -0.3 is 4.84 Å². The van der Waals surface area contributed by atoms with E-state index >= 15 is 0 Å². The Morgan fingerprint density at radius 2 is 2.23 bits per heavy atom. The van der Waals surface area contributed by atoms with E-state index in [0.717, 1.165) is 17.7 Å². The molecule has 0 atom stereocenters. The molecule has 0 aliphatic heterocycles. The first kappa shape index (κ1) is 7.98. The van der Waals surface area contributed by atoms with E-state index in [1.807, 2.05) is 24.3 Å². The van der Waals surface area contributed by atoms with E-state index in [2.05, 4.69) is 9.99 Å². The fraction of sp³-hybridized carbons (Fsp3) is 0.200. The van der Waals surface area contributed by atoms with Crippen LogP contribution in [0.2, 0.25) is 0 Å². The number of carbonyl (C=O) groups excluding carboxylic acids is 1. The molecule has 0 saturated heterocycles. The van der Waals surface area contributed by atoms with Crippen LogP contribution in [0.4, 0.5) is 0 Å². The standard InChI is InChI=1S/C10H9NO2/c1-7(12)13-11-10-6-8-4-2-3-5-9(8)10/h2-5H,6H2,1H3/b11-10+. The Labute approximate surface area is 76.0 Å². The number of hydrogen-bond acceptors (Lipinski definition) is 3. The predicted octanol–water partition coefficient (Wildman–Crippen LogP) is 1.51. The molecule has 0 saturated carbocycles. The smallest absolute Gasteiger partial charge is 0.318 e. The summed E-state index contributed by atoms with van der Waals surface area (Å²) in [5.41, 5.74) is 3.20. The maximum atomic E-state index is 10.5. The van der Waals surface area contributed by atoms with Crippen LogP contribution in [-0.4, -0.2) is 11.7 Å². The quantitative estimate of drug-likeness (QED) is 0.479. The van der Waals surface area contributed by atoms with Gasteiger partial charge in [-0.2, -0.15) is 0 Å². The minimum atomic E-state index is -0.378. The van der Waals surface area contributed by atoms with E-state index in [-0.39, 0.29) is 5.97 Å². The molecule has 13 heavy (non-hydrogen) atoms. The second kappa shape index (κ2) is 3.01. The topological polar surface area (TPSA) is 38.7 Å². The van der Waals surface area contributed by atoms with Crippen LogP contribution in [0.5, 0.6) is 0 Å². The van der Waals surface area contributed by atoms with Gasteiger partial charge in [-0.25, -0.2) is 4.79 Å². The summed E-state index contributed by atoms with van der Waals surface area (Å²) in [6, 6.07) is 7.95. The lowest BCUT2D eigenvalue weighted by Crippen LogP contribution is -2.20. The van der Waals surface area contributed by atoms with Crippen molar-refractivity contribution in [3.63, 3.8) is 0 Å². The highest BCUT2D eigenvalue weighted by atomic mass is 16.7. The van der Waals surface area contributed by atoms with E-state index in [1.54, 1.807) is 0 Å². The maximum Gasteiger partial charge on any atom is 0.331 e. The molecule has 0 bridgehead atoms. The number of rotatable bonds is 1. The summed E-state index contributed by atoms with van der Waals surface area (Å²) in [6.45, 7) is 1.34. The molecule has 3 heteroatoms. The lowest BCUT2D eigenvalue weighted by Gasteiger charge is -2.19. The summed E-state index contributed by atoms with van der Waals surface area (Å²) < 4.78 is 0. The Bertz CT molecular complexity index is 382. The molecule has 66 valence electrons. The van der Waals surface area contributed by atoms with Gasteiger partial charge in [-0.3, -0.25) is 0 Å². The zero-order valence-corrected chi connectivity index (χ0v) is 7.28. The third-order valence-corrected chi connectivity index (χ3v) is 1.97. The molecule has 1 aliphatic carbocycles. The van der Waals surface area contributed by atoms with Crippen LogP contribution in [0.1, 0.15) is 18.1 Å². The van der Waals surface area contributed by atoms with Gasteiger partial charge in [0.05, 0.1) is 5.71 Å². The van der Waals surface area contributed by atoms with Crippen molar-refractivity contribution < 1.29 is 9.63 Å². The van der Waals surface area contributed by atoms with Crippen molar-refractivity contribution >= 4 is 11.7 Å². The zero-order chi connectivity index (χ0) is 9.26. The normalized spacial score (nSPS) is 16.2. The molecule has 1 aromatic carbocycles. The molecule has 3 nitrogen and oxygen atoms in total. The first-order valence-corrected chi connectivity index (χ1v) is 4.10. The van der Waals surface area contributed by atoms with Crippen molar-refractivity contribution in [1.82, 2.24) is 0 Å². The zero-order valence-electron chi connectivity index (χ0n) is 7.28. The molecule has 0 amide bonds. The summed E-state index contributed by atoms with van der Waals surface area (Å²) >= 11 is 0. The number of carbonyl (C=O) groups is 1. The Hall–Kier alpha value is -1.64. The van der Waals surface area contributed by atoms with E-state index in [4.69, 9.17) is 0 Å². The summed E-state index contributed by atoms with van der Waals surface area (Å²) in [5, 5.41) is 3.74. The second-order valence-corrected chi connectivity index (χ2v) is 2.95. The average Bonchev–Trinajstić information content (AvgIpc) is 2.06. The summed E-state index contributed by atoms with van der Waals surface area (Å²) in [6.07, 6.45) is 0.795. The van der Waals surface area contributed by atoms with Crippen molar-refractivity contribution in [3.05, 3.63) is 35.4 Å². The van der Waals surface area contributed by atoms with Gasteiger partial charge in [-0.05, 0) is 5.56 Å². The lowest BCUT2D eigenvalue weighted by molar-refractivity contribution is -0.140. The van der Waals surface area contributed by atoms with Crippen LogP contribution < -0.4 is 0 Å². The van der Waals surface area contributed by atoms with Crippen LogP contribution >= 0.6 is 0 Å². The molecule has 0 radical (unpaired) electrons. The highest BCUT2D eigenvalue weighted by molar-refractivity contribution is 6.10. The molecule has 1 aliphatic rings. The molecule has 0 aromatic heterocycles. The monoisotopic (exact) mass is 175 g/mol. The molecule has 0 spiro atoms. The van der Waals surface area contributed by atoms with Crippen LogP contribution in [0.15, 0.2) is 29.4 Å². The summed E-state index contributed by atoms with van der Waals surface area (Å²) in [5.74, 6) is -0.378. The molecular formula is C10H9NO2. The second-order valence-electron chi connectivity index (χ2n) is 2.95. The van der Waals surface area contributed by atoms with Crippen LogP contribution in [0, 0.1) is 0 Å².